The van der Waals surface area contributed by atoms with E-state index in [9.17, 15) is 0 Å². The maximum atomic E-state index is 5.70. The number of nitrogens with one attached hydrogen (secondary N) is 1. The zero-order valence-electron chi connectivity index (χ0n) is 8.61. The Morgan fingerprint density at radius 3 is 2.87 bits per heavy atom. The minimum absolute atomic E-state index is 0.327. The number of rotatable bonds is 3. The second-order valence-electron chi connectivity index (χ2n) is 3.78. The van der Waals surface area contributed by atoms with Crippen LogP contribution in [0.15, 0.2) is 12.4 Å². The standard InChI is InChI=1S/C10H14ClN3O/c1-7(8-2-3-15-6-8)14-10-12-4-9(11)5-13-10/h4-5,7-8H,2-3,6H2,1H3,(H,12,13,14). The van der Waals surface area contributed by atoms with E-state index in [1.54, 1.807) is 12.4 Å². The van der Waals surface area contributed by atoms with Gasteiger partial charge in [-0.05, 0) is 13.3 Å². The zero-order chi connectivity index (χ0) is 10.7. The quantitative estimate of drug-likeness (QED) is 0.858. The molecule has 0 spiro atoms. The summed E-state index contributed by atoms with van der Waals surface area (Å²) >= 11 is 5.70. The Hall–Kier alpha value is -0.870. The molecule has 1 fully saturated rings. The minimum Gasteiger partial charge on any atom is -0.381 e. The van der Waals surface area contributed by atoms with Crippen LogP contribution in [0.1, 0.15) is 13.3 Å². The smallest absolute Gasteiger partial charge is 0.222 e. The number of nitrogens with zero attached hydrogens (tertiary/aromatic N) is 2. The third-order valence-corrected chi connectivity index (χ3v) is 2.84. The molecule has 0 radical (unpaired) electrons. The first-order valence-electron chi connectivity index (χ1n) is 5.07. The third-order valence-electron chi connectivity index (χ3n) is 2.65. The predicted molar refractivity (Wildman–Crippen MR) is 59.1 cm³/mol. The molecule has 5 heteroatoms. The first-order valence-corrected chi connectivity index (χ1v) is 5.45. The predicted octanol–water partition coefficient (Wildman–Crippen LogP) is 1.97. The molecule has 1 aromatic rings. The van der Waals surface area contributed by atoms with Crippen LogP contribution in [-0.2, 0) is 4.74 Å². The van der Waals surface area contributed by atoms with Crippen LogP contribution in [0, 0.1) is 5.92 Å². The van der Waals surface area contributed by atoms with Crippen molar-refractivity contribution in [1.82, 2.24) is 9.97 Å². The summed E-state index contributed by atoms with van der Waals surface area (Å²) < 4.78 is 5.33. The zero-order valence-corrected chi connectivity index (χ0v) is 9.37. The molecule has 15 heavy (non-hydrogen) atoms. The van der Waals surface area contributed by atoms with E-state index in [1.165, 1.54) is 0 Å². The monoisotopic (exact) mass is 227 g/mol. The van der Waals surface area contributed by atoms with Crippen molar-refractivity contribution >= 4 is 17.5 Å². The fourth-order valence-electron chi connectivity index (χ4n) is 1.66. The SMILES string of the molecule is CC(Nc1ncc(Cl)cn1)C1CCOC1. The summed E-state index contributed by atoms with van der Waals surface area (Å²) in [7, 11) is 0. The van der Waals surface area contributed by atoms with Crippen LogP contribution in [0.5, 0.6) is 0 Å². The number of halogens is 1. The van der Waals surface area contributed by atoms with Crippen LogP contribution in [0.3, 0.4) is 0 Å². The first-order chi connectivity index (χ1) is 7.25. The average molecular weight is 228 g/mol. The highest BCUT2D eigenvalue weighted by Gasteiger charge is 2.22. The lowest BCUT2D eigenvalue weighted by Crippen LogP contribution is -2.27. The van der Waals surface area contributed by atoms with Gasteiger partial charge in [-0.15, -0.1) is 0 Å². The highest BCUT2D eigenvalue weighted by molar-refractivity contribution is 6.30. The molecule has 1 aliphatic heterocycles. The van der Waals surface area contributed by atoms with Crippen LogP contribution < -0.4 is 5.32 Å². The first kappa shape index (κ1) is 10.6. The molecule has 0 aromatic carbocycles. The van der Waals surface area contributed by atoms with Gasteiger partial charge in [0, 0.05) is 18.6 Å². The summed E-state index contributed by atoms with van der Waals surface area (Å²) in [6.07, 6.45) is 4.28. The molecule has 2 rings (SSSR count). The van der Waals surface area contributed by atoms with Gasteiger partial charge in [0.15, 0.2) is 0 Å². The van der Waals surface area contributed by atoms with E-state index in [-0.39, 0.29) is 0 Å². The van der Waals surface area contributed by atoms with Gasteiger partial charge in [0.2, 0.25) is 5.95 Å². The lowest BCUT2D eigenvalue weighted by atomic mass is 10.0. The molecule has 0 aliphatic carbocycles. The van der Waals surface area contributed by atoms with Crippen molar-refractivity contribution in [1.29, 1.82) is 0 Å². The van der Waals surface area contributed by atoms with Crippen LogP contribution in [-0.4, -0.2) is 29.2 Å². The second kappa shape index (κ2) is 4.77. The number of aromatic nitrogens is 2. The lowest BCUT2D eigenvalue weighted by Gasteiger charge is -2.18. The van der Waals surface area contributed by atoms with Gasteiger partial charge in [-0.3, -0.25) is 0 Å². The molecular weight excluding hydrogens is 214 g/mol. The van der Waals surface area contributed by atoms with E-state index >= 15 is 0 Å². The van der Waals surface area contributed by atoms with Crippen molar-refractivity contribution in [2.75, 3.05) is 18.5 Å². The molecule has 82 valence electrons. The van der Waals surface area contributed by atoms with Crippen molar-refractivity contribution in [3.05, 3.63) is 17.4 Å². The summed E-state index contributed by atoms with van der Waals surface area (Å²) in [4.78, 5) is 8.19. The van der Waals surface area contributed by atoms with Gasteiger partial charge in [-0.25, -0.2) is 9.97 Å². The Morgan fingerprint density at radius 1 is 1.53 bits per heavy atom. The Balaban J connectivity index is 1.92. The average Bonchev–Trinajstić information content (AvgIpc) is 2.74. The fraction of sp³-hybridized carbons (Fsp3) is 0.600. The van der Waals surface area contributed by atoms with Gasteiger partial charge < -0.3 is 10.1 Å². The molecule has 1 saturated heterocycles. The van der Waals surface area contributed by atoms with Gasteiger partial charge in [0.05, 0.1) is 24.0 Å². The molecule has 1 aromatic heterocycles. The summed E-state index contributed by atoms with van der Waals surface area (Å²) in [6, 6.07) is 0.327. The maximum Gasteiger partial charge on any atom is 0.222 e. The largest absolute Gasteiger partial charge is 0.381 e. The van der Waals surface area contributed by atoms with Crippen molar-refractivity contribution in [3.63, 3.8) is 0 Å². The van der Waals surface area contributed by atoms with Crippen molar-refractivity contribution in [2.24, 2.45) is 5.92 Å². The van der Waals surface area contributed by atoms with E-state index in [0.29, 0.717) is 22.9 Å². The molecular formula is C10H14ClN3O. The van der Waals surface area contributed by atoms with Crippen molar-refractivity contribution in [3.8, 4) is 0 Å². The maximum absolute atomic E-state index is 5.70. The molecule has 0 saturated carbocycles. The Morgan fingerprint density at radius 2 is 2.27 bits per heavy atom. The molecule has 4 nitrogen and oxygen atoms in total. The minimum atomic E-state index is 0.327. The lowest BCUT2D eigenvalue weighted by molar-refractivity contribution is 0.183. The van der Waals surface area contributed by atoms with E-state index in [4.69, 9.17) is 16.3 Å². The van der Waals surface area contributed by atoms with Gasteiger partial charge in [0.25, 0.3) is 0 Å². The molecule has 2 atom stereocenters. The summed E-state index contributed by atoms with van der Waals surface area (Å²) in [6.45, 7) is 3.80. The van der Waals surface area contributed by atoms with E-state index in [1.807, 2.05) is 0 Å². The molecule has 1 N–H and O–H groups in total. The molecule has 1 aliphatic rings. The molecule has 2 unspecified atom stereocenters. The second-order valence-corrected chi connectivity index (χ2v) is 4.22. The van der Waals surface area contributed by atoms with Crippen LogP contribution in [0.2, 0.25) is 5.02 Å². The Labute approximate surface area is 94.0 Å². The van der Waals surface area contributed by atoms with Crippen LogP contribution in [0.4, 0.5) is 5.95 Å². The van der Waals surface area contributed by atoms with E-state index in [2.05, 4.69) is 22.2 Å². The van der Waals surface area contributed by atoms with Gasteiger partial charge in [-0.1, -0.05) is 11.6 Å². The highest BCUT2D eigenvalue weighted by atomic mass is 35.5. The molecule has 2 heterocycles. The third kappa shape index (κ3) is 2.79. The van der Waals surface area contributed by atoms with Gasteiger partial charge in [-0.2, -0.15) is 0 Å². The van der Waals surface area contributed by atoms with E-state index in [0.717, 1.165) is 19.6 Å². The van der Waals surface area contributed by atoms with E-state index < -0.39 is 0 Å². The summed E-state index contributed by atoms with van der Waals surface area (Å²) in [5, 5.41) is 3.80. The van der Waals surface area contributed by atoms with Crippen molar-refractivity contribution in [2.45, 2.75) is 19.4 Å². The van der Waals surface area contributed by atoms with Crippen LogP contribution in [0.25, 0.3) is 0 Å². The number of hydrogen-bond donors (Lipinski definition) is 1. The van der Waals surface area contributed by atoms with Gasteiger partial charge >= 0.3 is 0 Å². The van der Waals surface area contributed by atoms with Crippen LogP contribution >= 0.6 is 11.6 Å². The topological polar surface area (TPSA) is 47.0 Å². The summed E-state index contributed by atoms with van der Waals surface area (Å²) in [5.74, 6) is 1.17. The number of anilines is 1. The highest BCUT2D eigenvalue weighted by Crippen LogP contribution is 2.18. The number of hydrogen-bond acceptors (Lipinski definition) is 4. The normalized spacial score (nSPS) is 22.7. The molecule has 0 bridgehead atoms. The molecule has 0 amide bonds. The fourth-order valence-corrected chi connectivity index (χ4v) is 1.75. The Bertz CT molecular complexity index is 311. The number of ether oxygens (including phenoxy) is 1. The summed E-state index contributed by atoms with van der Waals surface area (Å²) in [5.41, 5.74) is 0. The van der Waals surface area contributed by atoms with Gasteiger partial charge in [0.1, 0.15) is 0 Å². The van der Waals surface area contributed by atoms with Crippen molar-refractivity contribution < 1.29 is 4.74 Å². The Kier molecular flexibility index (Phi) is 3.38.